The molecular weight excluding hydrogens is 483 g/mol. The Morgan fingerprint density at radius 2 is 1.29 bits per heavy atom. The van der Waals surface area contributed by atoms with E-state index in [2.05, 4.69) is 10.6 Å². The molecule has 188 valence electrons. The molecule has 1 atom stereocenters. The van der Waals surface area contributed by atoms with Crippen molar-refractivity contribution in [2.75, 3.05) is 11.9 Å². The van der Waals surface area contributed by atoms with E-state index < -0.39 is 47.4 Å². The smallest absolute Gasteiger partial charge is 0.381 e. The highest BCUT2D eigenvalue weighted by Crippen LogP contribution is 2.44. The zero-order valence-electron chi connectivity index (χ0n) is 17.4. The first-order valence-electron chi connectivity index (χ1n) is 9.66. The molecule has 4 nitrogen and oxygen atoms in total. The lowest BCUT2D eigenvalue weighted by Crippen LogP contribution is -2.48. The maximum Gasteiger partial charge on any atom is 0.423 e. The summed E-state index contributed by atoms with van der Waals surface area (Å²) in [6.07, 6.45) is -16.2. The van der Waals surface area contributed by atoms with Gasteiger partial charge < -0.3 is 15.7 Å². The van der Waals surface area contributed by atoms with Crippen LogP contribution in [0.25, 0.3) is 0 Å². The van der Waals surface area contributed by atoms with E-state index in [9.17, 15) is 49.4 Å². The van der Waals surface area contributed by atoms with Crippen LogP contribution >= 0.6 is 0 Å². The highest BCUT2D eigenvalue weighted by atomic mass is 19.4. The van der Waals surface area contributed by atoms with Gasteiger partial charge in [-0.15, -0.1) is 0 Å². The number of hydrogen-bond donors (Lipinski definition) is 3. The molecule has 0 saturated heterocycles. The standard InChI is InChI=1S/C21H19F9N2O2/c1-2-17(33)31-10-12-3-5-16(6-4-12)32-11-18(34,21(28,29)30)13-7-14(19(22,23)24)9-15(8-13)20(25,26)27/h3-9,32,34H,2,10-11H2,1H3,(H,31,33)/t18-/m1/s1. The topological polar surface area (TPSA) is 61.4 Å². The van der Waals surface area contributed by atoms with Gasteiger partial charge in [0.1, 0.15) is 0 Å². The molecule has 0 unspecified atom stereocenters. The van der Waals surface area contributed by atoms with Crippen LogP contribution in [0.2, 0.25) is 0 Å². The van der Waals surface area contributed by atoms with Crippen molar-refractivity contribution in [1.82, 2.24) is 5.32 Å². The van der Waals surface area contributed by atoms with E-state index in [1.807, 2.05) is 0 Å². The molecule has 0 aliphatic rings. The van der Waals surface area contributed by atoms with Crippen LogP contribution in [0.4, 0.5) is 45.2 Å². The third-order valence-corrected chi connectivity index (χ3v) is 4.85. The number of alkyl halides is 9. The Labute approximate surface area is 187 Å². The number of nitrogens with one attached hydrogen (secondary N) is 2. The molecule has 0 aliphatic heterocycles. The molecule has 2 rings (SSSR count). The van der Waals surface area contributed by atoms with Gasteiger partial charge in [-0.1, -0.05) is 19.1 Å². The lowest BCUT2D eigenvalue weighted by atomic mass is 9.89. The molecule has 0 spiro atoms. The molecule has 0 aliphatic carbocycles. The fraction of sp³-hybridized carbons (Fsp3) is 0.381. The van der Waals surface area contributed by atoms with Crippen LogP contribution in [0.5, 0.6) is 0 Å². The van der Waals surface area contributed by atoms with Crippen molar-refractivity contribution in [3.8, 4) is 0 Å². The molecule has 0 aromatic heterocycles. The first-order chi connectivity index (χ1) is 15.5. The molecule has 2 aromatic rings. The molecule has 13 heteroatoms. The number of rotatable bonds is 7. The molecule has 34 heavy (non-hydrogen) atoms. The molecule has 1 amide bonds. The van der Waals surface area contributed by atoms with Gasteiger partial charge in [-0.3, -0.25) is 4.79 Å². The van der Waals surface area contributed by atoms with Crippen molar-refractivity contribution in [2.24, 2.45) is 0 Å². The molecule has 2 aromatic carbocycles. The Kier molecular flexibility index (Phi) is 7.80. The fourth-order valence-corrected chi connectivity index (χ4v) is 2.86. The maximum atomic E-state index is 13.7. The van der Waals surface area contributed by atoms with Crippen LogP contribution in [0.1, 0.15) is 35.6 Å². The summed E-state index contributed by atoms with van der Waals surface area (Å²) in [6, 6.07) is 4.75. The number of benzene rings is 2. The first kappa shape index (κ1) is 27.3. The average molecular weight is 502 g/mol. The summed E-state index contributed by atoms with van der Waals surface area (Å²) < 4.78 is 120. The van der Waals surface area contributed by atoms with Crippen LogP contribution < -0.4 is 10.6 Å². The van der Waals surface area contributed by atoms with Crippen LogP contribution in [-0.4, -0.2) is 23.7 Å². The number of hydrogen-bond acceptors (Lipinski definition) is 3. The number of aliphatic hydroxyl groups is 1. The van der Waals surface area contributed by atoms with Gasteiger partial charge in [0, 0.05) is 18.7 Å². The molecule has 0 radical (unpaired) electrons. The van der Waals surface area contributed by atoms with Gasteiger partial charge in [-0.05, 0) is 41.5 Å². The quantitative estimate of drug-likeness (QED) is 0.432. The van der Waals surface area contributed by atoms with E-state index in [4.69, 9.17) is 0 Å². The average Bonchev–Trinajstić information content (AvgIpc) is 2.74. The van der Waals surface area contributed by atoms with Gasteiger partial charge in [0.05, 0.1) is 17.7 Å². The summed E-state index contributed by atoms with van der Waals surface area (Å²) in [7, 11) is 0. The summed E-state index contributed by atoms with van der Waals surface area (Å²) in [5, 5.41) is 15.1. The van der Waals surface area contributed by atoms with Gasteiger partial charge in [0.25, 0.3) is 0 Å². The van der Waals surface area contributed by atoms with Gasteiger partial charge in [0.2, 0.25) is 11.5 Å². The van der Waals surface area contributed by atoms with Crippen molar-refractivity contribution in [1.29, 1.82) is 0 Å². The Bertz CT molecular complexity index is 967. The summed E-state index contributed by atoms with van der Waals surface area (Å²) in [5.41, 5.74) is -9.10. The molecule has 0 fully saturated rings. The van der Waals surface area contributed by atoms with Crippen LogP contribution in [0, 0.1) is 0 Å². The van der Waals surface area contributed by atoms with E-state index in [-0.39, 0.29) is 42.8 Å². The normalized spacial score (nSPS) is 14.4. The Morgan fingerprint density at radius 3 is 1.71 bits per heavy atom. The third-order valence-electron chi connectivity index (χ3n) is 4.85. The molecule has 0 heterocycles. The predicted octanol–water partition coefficient (Wildman–Crippen LogP) is 5.61. The van der Waals surface area contributed by atoms with Gasteiger partial charge >= 0.3 is 18.5 Å². The van der Waals surface area contributed by atoms with Crippen molar-refractivity contribution < 1.29 is 49.4 Å². The minimum absolute atomic E-state index is 0.00346. The number of amides is 1. The van der Waals surface area contributed by atoms with E-state index in [0.29, 0.717) is 5.56 Å². The van der Waals surface area contributed by atoms with E-state index >= 15 is 0 Å². The van der Waals surface area contributed by atoms with Crippen LogP contribution in [0.15, 0.2) is 42.5 Å². The van der Waals surface area contributed by atoms with Crippen LogP contribution in [-0.2, 0) is 29.3 Å². The van der Waals surface area contributed by atoms with E-state index in [1.54, 1.807) is 6.92 Å². The molecule has 0 saturated carbocycles. The third kappa shape index (κ3) is 6.55. The monoisotopic (exact) mass is 502 g/mol. The second kappa shape index (κ2) is 9.72. The second-order valence-electron chi connectivity index (χ2n) is 7.33. The van der Waals surface area contributed by atoms with Crippen molar-refractivity contribution in [3.05, 3.63) is 64.7 Å². The highest BCUT2D eigenvalue weighted by molar-refractivity contribution is 5.75. The van der Waals surface area contributed by atoms with Gasteiger partial charge in [0.15, 0.2) is 0 Å². The zero-order valence-corrected chi connectivity index (χ0v) is 17.4. The SMILES string of the molecule is CCC(=O)NCc1ccc(NC[C@@](O)(c2cc(C(F)(F)F)cc(C(F)(F)F)c2)C(F)(F)F)cc1. The Morgan fingerprint density at radius 1 is 0.824 bits per heavy atom. The van der Waals surface area contributed by atoms with Crippen molar-refractivity contribution >= 4 is 11.6 Å². The number of carbonyl (C=O) groups is 1. The summed E-state index contributed by atoms with van der Waals surface area (Å²) in [5.74, 6) is -0.239. The molecule has 3 N–H and O–H groups in total. The predicted molar refractivity (Wildman–Crippen MR) is 103 cm³/mol. The first-order valence-corrected chi connectivity index (χ1v) is 9.66. The lowest BCUT2D eigenvalue weighted by molar-refractivity contribution is -0.261. The largest absolute Gasteiger partial charge is 0.423 e. The van der Waals surface area contributed by atoms with E-state index in [1.165, 1.54) is 24.3 Å². The lowest BCUT2D eigenvalue weighted by Gasteiger charge is -2.32. The highest BCUT2D eigenvalue weighted by Gasteiger charge is 2.56. The van der Waals surface area contributed by atoms with E-state index in [0.717, 1.165) is 0 Å². The minimum Gasteiger partial charge on any atom is -0.381 e. The second-order valence-corrected chi connectivity index (χ2v) is 7.33. The van der Waals surface area contributed by atoms with Gasteiger partial charge in [-0.2, -0.15) is 39.5 Å². The Hall–Kier alpha value is -2.96. The van der Waals surface area contributed by atoms with Crippen molar-refractivity contribution in [2.45, 2.75) is 44.0 Å². The van der Waals surface area contributed by atoms with Crippen LogP contribution in [0.3, 0.4) is 0 Å². The number of carbonyl (C=O) groups excluding carboxylic acids is 1. The molecule has 0 bridgehead atoms. The maximum absolute atomic E-state index is 13.7. The Balaban J connectivity index is 2.38. The summed E-state index contributed by atoms with van der Waals surface area (Å²) in [4.78, 5) is 11.3. The summed E-state index contributed by atoms with van der Waals surface area (Å²) >= 11 is 0. The summed E-state index contributed by atoms with van der Waals surface area (Å²) in [6.45, 7) is 0.289. The minimum atomic E-state index is -5.63. The van der Waals surface area contributed by atoms with Crippen molar-refractivity contribution in [3.63, 3.8) is 0 Å². The zero-order chi connectivity index (χ0) is 25.9. The number of anilines is 1. The molecular formula is C21H19F9N2O2. The fourth-order valence-electron chi connectivity index (χ4n) is 2.86. The van der Waals surface area contributed by atoms with Gasteiger partial charge in [-0.25, -0.2) is 0 Å². The number of halogens is 9.